The average molecular weight is 881 g/mol. The summed E-state index contributed by atoms with van der Waals surface area (Å²) in [6, 6.07) is 20.6. The van der Waals surface area contributed by atoms with Crippen LogP contribution in [-0.4, -0.2) is 52.0 Å². The largest absolute Gasteiger partial charge is 0.543 e. The number of benzene rings is 3. The number of fused-ring (bicyclic) bond motifs is 1. The van der Waals surface area contributed by atoms with Crippen LogP contribution < -0.4 is 18.6 Å². The monoisotopic (exact) mass is 880 g/mol. The lowest BCUT2D eigenvalue weighted by molar-refractivity contribution is -0.145. The summed E-state index contributed by atoms with van der Waals surface area (Å²) >= 11 is 8.95. The third kappa shape index (κ3) is 8.32. The number of aliphatic carboxylic acids is 1. The third-order valence-electron chi connectivity index (χ3n) is 9.41. The molecule has 3 heterocycles. The summed E-state index contributed by atoms with van der Waals surface area (Å²) in [5, 5.41) is 10.8. The summed E-state index contributed by atoms with van der Waals surface area (Å²) in [4.78, 5) is 26.5. The van der Waals surface area contributed by atoms with Crippen LogP contribution in [0.3, 0.4) is 0 Å². The molecule has 0 aliphatic carbocycles. The van der Waals surface area contributed by atoms with Gasteiger partial charge in [0.2, 0.25) is 20.3 Å². The summed E-state index contributed by atoms with van der Waals surface area (Å²) < 4.78 is 40.8. The van der Waals surface area contributed by atoms with Gasteiger partial charge >= 0.3 is 5.97 Å². The minimum Gasteiger partial charge on any atom is -0.543 e. The molecule has 0 saturated heterocycles. The minimum atomic E-state index is -2.26. The van der Waals surface area contributed by atoms with E-state index in [1.807, 2.05) is 36.4 Å². The van der Waals surface area contributed by atoms with E-state index in [0.29, 0.717) is 59.7 Å². The molecular formula is C40H39ClFIN4O6Si. The van der Waals surface area contributed by atoms with E-state index in [0.717, 1.165) is 5.56 Å². The van der Waals surface area contributed by atoms with Crippen LogP contribution in [0.15, 0.2) is 91.4 Å². The molecule has 0 saturated carbocycles. The minimum absolute atomic E-state index is 0.0746. The Morgan fingerprint density at radius 3 is 2.46 bits per heavy atom. The van der Waals surface area contributed by atoms with Crippen molar-refractivity contribution < 1.29 is 32.9 Å². The summed E-state index contributed by atoms with van der Waals surface area (Å²) in [5.41, 5.74) is 3.72. The molecule has 3 aromatic carbocycles. The van der Waals surface area contributed by atoms with E-state index in [-0.39, 0.29) is 29.8 Å². The number of para-hydroxylation sites is 1. The Hall–Kier alpha value is -4.73. The van der Waals surface area contributed by atoms with Crippen molar-refractivity contribution in [1.82, 2.24) is 19.4 Å². The zero-order valence-corrected chi connectivity index (χ0v) is 34.5. The molecule has 14 heteroatoms. The molecule has 1 unspecified atom stereocenters. The maximum Gasteiger partial charge on any atom is 0.345 e. The molecular weight excluding hydrogens is 842 g/mol. The zero-order valence-electron chi connectivity index (χ0n) is 30.6. The van der Waals surface area contributed by atoms with Crippen molar-refractivity contribution in [2.45, 2.75) is 58.0 Å². The molecule has 6 rings (SSSR count). The molecule has 10 nitrogen and oxygen atoms in total. The van der Waals surface area contributed by atoms with Gasteiger partial charge in [-0.3, -0.25) is 4.40 Å². The smallest absolute Gasteiger partial charge is 0.345 e. The average Bonchev–Trinajstić information content (AvgIpc) is 3.40. The molecule has 6 aromatic rings. The highest BCUT2D eigenvalue weighted by Crippen LogP contribution is 2.41. The van der Waals surface area contributed by atoms with Crippen molar-refractivity contribution in [3.05, 3.63) is 117 Å². The summed E-state index contributed by atoms with van der Waals surface area (Å²) in [7, 11) is -0.667. The van der Waals surface area contributed by atoms with Crippen LogP contribution in [0.4, 0.5) is 4.39 Å². The van der Waals surface area contributed by atoms with Crippen molar-refractivity contribution >= 4 is 54.0 Å². The SMILES string of the molecule is COc1ccccc1-c1nccc(COc2ccc(O[Si](C)(C)C(C)(C)C)cc2CC(Oc2nccn3c(Cl)c(-c4ccc(F)cc4)c(I)c23)C(=O)O)n1. The lowest BCUT2D eigenvalue weighted by Gasteiger charge is -2.36. The van der Waals surface area contributed by atoms with Crippen LogP contribution in [0.2, 0.25) is 23.3 Å². The number of ether oxygens (including phenoxy) is 3. The van der Waals surface area contributed by atoms with E-state index >= 15 is 0 Å². The number of carbonyl (C=O) groups is 1. The summed E-state index contributed by atoms with van der Waals surface area (Å²) in [6.45, 7) is 10.8. The van der Waals surface area contributed by atoms with Gasteiger partial charge in [-0.15, -0.1) is 0 Å². The molecule has 3 aromatic heterocycles. The van der Waals surface area contributed by atoms with Crippen LogP contribution in [0.25, 0.3) is 28.0 Å². The van der Waals surface area contributed by atoms with Crippen molar-refractivity contribution in [2.75, 3.05) is 7.11 Å². The molecule has 280 valence electrons. The summed E-state index contributed by atoms with van der Waals surface area (Å²) in [5.74, 6) is 0.662. The number of rotatable bonds is 13. The molecule has 1 atom stereocenters. The van der Waals surface area contributed by atoms with E-state index in [1.54, 1.807) is 48.2 Å². The van der Waals surface area contributed by atoms with Crippen molar-refractivity contribution in [3.8, 4) is 45.6 Å². The van der Waals surface area contributed by atoms with Gasteiger partial charge in [0.05, 0.1) is 21.9 Å². The first-order valence-electron chi connectivity index (χ1n) is 17.1. The van der Waals surface area contributed by atoms with Gasteiger partial charge in [0.1, 0.15) is 40.3 Å². The third-order valence-corrected chi connectivity index (χ3v) is 15.2. The number of hydrogen-bond acceptors (Lipinski definition) is 8. The number of methoxy groups -OCH3 is 1. The van der Waals surface area contributed by atoms with Crippen LogP contribution in [0.1, 0.15) is 32.0 Å². The van der Waals surface area contributed by atoms with E-state index in [4.69, 9.17) is 35.2 Å². The number of aromatic nitrogens is 4. The highest BCUT2D eigenvalue weighted by molar-refractivity contribution is 14.1. The Morgan fingerprint density at radius 2 is 1.76 bits per heavy atom. The second kappa shape index (κ2) is 15.9. The predicted molar refractivity (Wildman–Crippen MR) is 217 cm³/mol. The van der Waals surface area contributed by atoms with Crippen molar-refractivity contribution in [2.24, 2.45) is 0 Å². The first kappa shape index (κ1) is 39.0. The van der Waals surface area contributed by atoms with Crippen LogP contribution in [-0.2, 0) is 17.8 Å². The van der Waals surface area contributed by atoms with E-state index < -0.39 is 20.4 Å². The molecule has 1 N–H and O–H groups in total. The van der Waals surface area contributed by atoms with Crippen LogP contribution in [0.5, 0.6) is 23.1 Å². The topological polar surface area (TPSA) is 117 Å². The fourth-order valence-electron chi connectivity index (χ4n) is 5.52. The molecule has 0 aliphatic rings. The number of carboxylic acids is 1. The standard InChI is InChI=1S/C40H39ClFIN4O6Si/c1-40(2,3)54(5,6)53-28-15-16-30(51-23-27-17-18-44-37(46-27)29-9-7-8-10-31(29)50-4)25(21-28)22-32(39(48)49)52-38-35-34(43)33(24-11-13-26(42)14-12-24)36(41)47(35)20-19-45-38/h7-21,32H,22-23H2,1-6H3,(H,48,49). The predicted octanol–water partition coefficient (Wildman–Crippen LogP) is 9.90. The number of carboxylic acid groups (broad SMARTS) is 1. The van der Waals surface area contributed by atoms with E-state index in [9.17, 15) is 14.3 Å². The Balaban J connectivity index is 1.34. The molecule has 0 radical (unpaired) electrons. The van der Waals surface area contributed by atoms with Crippen molar-refractivity contribution in [1.29, 1.82) is 0 Å². The quantitative estimate of drug-likeness (QED) is 0.0894. The van der Waals surface area contributed by atoms with Gasteiger partial charge in [-0.05, 0) is 94.8 Å². The molecule has 0 spiro atoms. The van der Waals surface area contributed by atoms with Gasteiger partial charge in [-0.1, -0.05) is 56.6 Å². The Kier molecular flexibility index (Phi) is 11.5. The highest BCUT2D eigenvalue weighted by atomic mass is 127. The lowest BCUT2D eigenvalue weighted by Crippen LogP contribution is -2.43. The number of hydrogen-bond donors (Lipinski definition) is 1. The maximum atomic E-state index is 13.7. The Morgan fingerprint density at radius 1 is 1.02 bits per heavy atom. The molecule has 0 bridgehead atoms. The Labute approximate surface area is 332 Å². The summed E-state index contributed by atoms with van der Waals surface area (Å²) in [6.07, 6.45) is 3.33. The van der Waals surface area contributed by atoms with E-state index in [1.165, 1.54) is 18.3 Å². The number of halogens is 3. The molecule has 54 heavy (non-hydrogen) atoms. The van der Waals surface area contributed by atoms with Gasteiger partial charge < -0.3 is 23.7 Å². The molecule has 0 fully saturated rings. The zero-order chi connectivity index (χ0) is 38.8. The normalized spacial score (nSPS) is 12.4. The van der Waals surface area contributed by atoms with E-state index in [2.05, 4.69) is 66.4 Å². The fraction of sp³-hybridized carbons (Fsp3) is 0.250. The molecule has 0 aliphatic heterocycles. The van der Waals surface area contributed by atoms with Gasteiger partial charge in [-0.25, -0.2) is 24.1 Å². The molecule has 0 amide bonds. The second-order valence-corrected chi connectivity index (χ2v) is 20.2. The van der Waals surface area contributed by atoms with Crippen LogP contribution >= 0.6 is 34.2 Å². The van der Waals surface area contributed by atoms with Gasteiger partial charge in [-0.2, -0.15) is 0 Å². The maximum absolute atomic E-state index is 13.7. The first-order chi connectivity index (χ1) is 25.7. The lowest BCUT2D eigenvalue weighted by atomic mass is 10.1. The number of nitrogens with zero attached hydrogens (tertiary/aromatic N) is 4. The fourth-order valence-corrected chi connectivity index (χ4v) is 8.10. The highest BCUT2D eigenvalue weighted by Gasteiger charge is 2.39. The second-order valence-electron chi connectivity index (χ2n) is 14.1. The first-order valence-corrected chi connectivity index (χ1v) is 21.4. The Bertz CT molecular complexity index is 2320. The van der Waals surface area contributed by atoms with Gasteiger partial charge in [0, 0.05) is 36.1 Å². The van der Waals surface area contributed by atoms with Gasteiger partial charge in [0.15, 0.2) is 5.82 Å². The van der Waals surface area contributed by atoms with Gasteiger partial charge in [0.25, 0.3) is 0 Å². The van der Waals surface area contributed by atoms with Crippen molar-refractivity contribution in [3.63, 3.8) is 0 Å². The van der Waals surface area contributed by atoms with Crippen LogP contribution in [0, 0.1) is 9.39 Å².